The first-order valence-corrected chi connectivity index (χ1v) is 9.06. The van der Waals surface area contributed by atoms with Crippen LogP contribution in [0.15, 0.2) is 42.5 Å². The number of nitrogens with zero attached hydrogens (tertiary/aromatic N) is 3. The summed E-state index contributed by atoms with van der Waals surface area (Å²) in [6, 6.07) is 12.6. The quantitative estimate of drug-likeness (QED) is 0.686. The predicted molar refractivity (Wildman–Crippen MR) is 109 cm³/mol. The Morgan fingerprint density at radius 2 is 1.71 bits per heavy atom. The van der Waals surface area contributed by atoms with Crippen molar-refractivity contribution in [3.05, 3.63) is 70.0 Å². The molecule has 0 aliphatic heterocycles. The number of rotatable bonds is 5. The van der Waals surface area contributed by atoms with Gasteiger partial charge in [0.15, 0.2) is 5.69 Å². The average molecular weight is 398 g/mol. The van der Waals surface area contributed by atoms with Gasteiger partial charge in [-0.15, -0.1) is 5.10 Å². The van der Waals surface area contributed by atoms with E-state index < -0.39 is 5.91 Å². The van der Waals surface area contributed by atoms with Gasteiger partial charge < -0.3 is 10.6 Å². The van der Waals surface area contributed by atoms with Crippen molar-refractivity contribution < 1.29 is 9.59 Å². The number of aromatic nitrogens is 3. The van der Waals surface area contributed by atoms with Crippen molar-refractivity contribution in [3.8, 4) is 0 Å². The molecule has 0 atom stereocenters. The second-order valence-electron chi connectivity index (χ2n) is 6.41. The monoisotopic (exact) mass is 397 g/mol. The zero-order valence-corrected chi connectivity index (χ0v) is 16.5. The first-order chi connectivity index (χ1) is 13.4. The van der Waals surface area contributed by atoms with E-state index in [-0.39, 0.29) is 18.1 Å². The topological polar surface area (TPSA) is 88.9 Å². The molecule has 0 unspecified atom stereocenters. The van der Waals surface area contributed by atoms with E-state index in [2.05, 4.69) is 20.9 Å². The lowest BCUT2D eigenvalue weighted by atomic mass is 10.1. The minimum atomic E-state index is -0.438. The number of halogens is 1. The molecular weight excluding hydrogens is 378 g/mol. The van der Waals surface area contributed by atoms with Crippen molar-refractivity contribution in [1.82, 2.24) is 15.0 Å². The molecule has 1 aromatic heterocycles. The van der Waals surface area contributed by atoms with E-state index >= 15 is 0 Å². The van der Waals surface area contributed by atoms with E-state index in [0.29, 0.717) is 16.4 Å². The van der Waals surface area contributed by atoms with Gasteiger partial charge in [0.1, 0.15) is 6.54 Å². The molecule has 3 rings (SSSR count). The first kappa shape index (κ1) is 19.6. The summed E-state index contributed by atoms with van der Waals surface area (Å²) in [5.41, 5.74) is 3.95. The van der Waals surface area contributed by atoms with Gasteiger partial charge in [0.05, 0.1) is 16.4 Å². The van der Waals surface area contributed by atoms with Gasteiger partial charge >= 0.3 is 0 Å². The molecule has 8 heteroatoms. The molecule has 0 saturated heterocycles. The predicted octanol–water partition coefficient (Wildman–Crippen LogP) is 3.75. The minimum Gasteiger partial charge on any atom is -0.324 e. The Bertz CT molecular complexity index is 1040. The number of anilines is 2. The highest BCUT2D eigenvalue weighted by Crippen LogP contribution is 2.21. The van der Waals surface area contributed by atoms with Gasteiger partial charge in [-0.25, -0.2) is 4.68 Å². The Kier molecular flexibility index (Phi) is 5.75. The summed E-state index contributed by atoms with van der Waals surface area (Å²) >= 11 is 6.06. The lowest BCUT2D eigenvalue weighted by Gasteiger charge is -2.10. The fraction of sp³-hybridized carbons (Fsp3) is 0.200. The maximum absolute atomic E-state index is 12.5. The Balaban J connectivity index is 1.70. The van der Waals surface area contributed by atoms with Crippen LogP contribution in [0.2, 0.25) is 5.02 Å². The SMILES string of the molecule is Cc1cccc(NC(=O)Cn2nnc(C(=O)Nc3ccccc3Cl)c2C)c1C. The normalized spacial score (nSPS) is 10.6. The molecule has 0 radical (unpaired) electrons. The van der Waals surface area contributed by atoms with Gasteiger partial charge in [0.2, 0.25) is 5.91 Å². The summed E-state index contributed by atoms with van der Waals surface area (Å²) in [4.78, 5) is 24.9. The number of amides is 2. The van der Waals surface area contributed by atoms with Crippen LogP contribution in [0.5, 0.6) is 0 Å². The lowest BCUT2D eigenvalue weighted by Crippen LogP contribution is -2.21. The highest BCUT2D eigenvalue weighted by molar-refractivity contribution is 6.33. The Morgan fingerprint density at radius 1 is 1.00 bits per heavy atom. The van der Waals surface area contributed by atoms with Gasteiger partial charge in [-0.1, -0.05) is 41.1 Å². The van der Waals surface area contributed by atoms with Crippen LogP contribution < -0.4 is 10.6 Å². The summed E-state index contributed by atoms with van der Waals surface area (Å²) < 4.78 is 1.39. The molecule has 0 fully saturated rings. The van der Waals surface area contributed by atoms with Crippen LogP contribution in [0.4, 0.5) is 11.4 Å². The molecule has 28 heavy (non-hydrogen) atoms. The van der Waals surface area contributed by atoms with Gasteiger partial charge in [0.25, 0.3) is 5.91 Å². The first-order valence-electron chi connectivity index (χ1n) is 8.69. The fourth-order valence-corrected chi connectivity index (χ4v) is 2.86. The molecule has 0 saturated carbocycles. The van der Waals surface area contributed by atoms with Crippen molar-refractivity contribution in [2.45, 2.75) is 27.3 Å². The van der Waals surface area contributed by atoms with Crippen molar-refractivity contribution in [1.29, 1.82) is 0 Å². The van der Waals surface area contributed by atoms with E-state index in [4.69, 9.17) is 11.6 Å². The molecule has 0 spiro atoms. The molecule has 1 heterocycles. The van der Waals surface area contributed by atoms with Crippen LogP contribution in [0.3, 0.4) is 0 Å². The van der Waals surface area contributed by atoms with Crippen LogP contribution >= 0.6 is 11.6 Å². The minimum absolute atomic E-state index is 0.0500. The third-order valence-corrected chi connectivity index (χ3v) is 4.82. The largest absolute Gasteiger partial charge is 0.324 e. The van der Waals surface area contributed by atoms with Gasteiger partial charge in [-0.05, 0) is 50.1 Å². The second-order valence-corrected chi connectivity index (χ2v) is 6.82. The Hall–Kier alpha value is -3.19. The summed E-state index contributed by atoms with van der Waals surface area (Å²) in [5, 5.41) is 13.8. The summed E-state index contributed by atoms with van der Waals surface area (Å²) in [7, 11) is 0. The highest BCUT2D eigenvalue weighted by atomic mass is 35.5. The number of para-hydroxylation sites is 1. The van der Waals surface area contributed by atoms with Crippen LogP contribution in [0.25, 0.3) is 0 Å². The Morgan fingerprint density at radius 3 is 2.46 bits per heavy atom. The smallest absolute Gasteiger partial charge is 0.278 e. The zero-order chi connectivity index (χ0) is 20.3. The summed E-state index contributed by atoms with van der Waals surface area (Å²) in [6.45, 7) is 5.57. The average Bonchev–Trinajstić information content (AvgIpc) is 3.01. The summed E-state index contributed by atoms with van der Waals surface area (Å²) in [6.07, 6.45) is 0. The van der Waals surface area contributed by atoms with Crippen molar-refractivity contribution >= 4 is 34.8 Å². The third kappa shape index (κ3) is 4.20. The van der Waals surface area contributed by atoms with E-state index in [1.54, 1.807) is 31.2 Å². The van der Waals surface area contributed by atoms with Crippen LogP contribution in [-0.2, 0) is 11.3 Å². The molecule has 2 aromatic carbocycles. The highest BCUT2D eigenvalue weighted by Gasteiger charge is 2.19. The second kappa shape index (κ2) is 8.22. The number of nitrogens with one attached hydrogen (secondary N) is 2. The molecule has 0 aliphatic carbocycles. The molecule has 2 amide bonds. The number of aryl methyl sites for hydroxylation is 1. The van der Waals surface area contributed by atoms with Gasteiger partial charge in [-0.2, -0.15) is 0 Å². The number of benzene rings is 2. The molecule has 144 valence electrons. The third-order valence-electron chi connectivity index (χ3n) is 4.49. The van der Waals surface area contributed by atoms with Crippen LogP contribution in [0.1, 0.15) is 27.3 Å². The van der Waals surface area contributed by atoms with E-state index in [1.807, 2.05) is 32.0 Å². The molecule has 0 aliphatic rings. The maximum atomic E-state index is 12.5. The van der Waals surface area contributed by atoms with Crippen molar-refractivity contribution in [3.63, 3.8) is 0 Å². The van der Waals surface area contributed by atoms with E-state index in [1.165, 1.54) is 4.68 Å². The molecule has 2 N–H and O–H groups in total. The number of hydrogen-bond donors (Lipinski definition) is 2. The lowest BCUT2D eigenvalue weighted by molar-refractivity contribution is -0.117. The van der Waals surface area contributed by atoms with Crippen molar-refractivity contribution in [2.24, 2.45) is 0 Å². The number of carbonyl (C=O) groups is 2. The number of hydrogen-bond acceptors (Lipinski definition) is 4. The standard InChI is InChI=1S/C20H20ClN5O2/c1-12-7-6-10-16(13(12)2)22-18(27)11-26-14(3)19(24-25-26)20(28)23-17-9-5-4-8-15(17)21/h4-10H,11H2,1-3H3,(H,22,27)(H,23,28). The molecule has 7 nitrogen and oxygen atoms in total. The number of carbonyl (C=O) groups excluding carboxylic acids is 2. The summed E-state index contributed by atoms with van der Waals surface area (Å²) in [5.74, 6) is -0.688. The zero-order valence-electron chi connectivity index (χ0n) is 15.8. The molecular formula is C20H20ClN5O2. The van der Waals surface area contributed by atoms with Crippen molar-refractivity contribution in [2.75, 3.05) is 10.6 Å². The van der Waals surface area contributed by atoms with E-state index in [0.717, 1.165) is 16.8 Å². The van der Waals surface area contributed by atoms with Crippen LogP contribution in [0, 0.1) is 20.8 Å². The van der Waals surface area contributed by atoms with E-state index in [9.17, 15) is 9.59 Å². The Labute approximate surface area is 167 Å². The molecule has 3 aromatic rings. The van der Waals surface area contributed by atoms with Gasteiger partial charge in [0, 0.05) is 5.69 Å². The van der Waals surface area contributed by atoms with Crippen LogP contribution in [-0.4, -0.2) is 26.8 Å². The maximum Gasteiger partial charge on any atom is 0.278 e. The van der Waals surface area contributed by atoms with Gasteiger partial charge in [-0.3, -0.25) is 9.59 Å². The fourth-order valence-electron chi connectivity index (χ4n) is 2.68. The molecule has 0 bridgehead atoms.